The Hall–Kier alpha value is -1.59. The third-order valence-corrected chi connectivity index (χ3v) is 2.86. The van der Waals surface area contributed by atoms with E-state index in [0.29, 0.717) is 19.6 Å². The molecule has 5 heteroatoms. The second-order valence-corrected chi connectivity index (χ2v) is 4.59. The summed E-state index contributed by atoms with van der Waals surface area (Å²) in [5.74, 6) is 0.721. The van der Waals surface area contributed by atoms with Crippen LogP contribution in [0.5, 0.6) is 0 Å². The molecule has 0 radical (unpaired) electrons. The lowest BCUT2D eigenvalue weighted by molar-refractivity contribution is 0.0357. The molecule has 0 saturated heterocycles. The largest absolute Gasteiger partial charge is 0.464 e. The summed E-state index contributed by atoms with van der Waals surface area (Å²) in [6.45, 7) is 2.71. The standard InChI is InChI=1S/C13H18N2O3/c1-13(16,5-8-17-2)9-15-12-10-4-7-18-11(10)3-6-14-12/h3-4,6-7,16H,5,8-9H2,1-2H3,(H,14,15). The van der Waals surface area contributed by atoms with E-state index in [4.69, 9.17) is 9.15 Å². The molecule has 0 amide bonds. The highest BCUT2D eigenvalue weighted by Crippen LogP contribution is 2.22. The minimum atomic E-state index is -0.830. The second kappa shape index (κ2) is 5.37. The van der Waals surface area contributed by atoms with Crippen LogP contribution in [0.4, 0.5) is 5.82 Å². The summed E-state index contributed by atoms with van der Waals surface area (Å²) in [7, 11) is 1.62. The minimum Gasteiger partial charge on any atom is -0.464 e. The molecule has 0 aliphatic heterocycles. The number of methoxy groups -OCH3 is 1. The first kappa shape index (κ1) is 12.9. The van der Waals surface area contributed by atoms with Gasteiger partial charge in [0, 0.05) is 32.9 Å². The molecule has 1 atom stereocenters. The summed E-state index contributed by atoms with van der Waals surface area (Å²) in [6, 6.07) is 3.66. The average Bonchev–Trinajstić information content (AvgIpc) is 2.82. The summed E-state index contributed by atoms with van der Waals surface area (Å²) in [5, 5.41) is 14.2. The highest BCUT2D eigenvalue weighted by molar-refractivity contribution is 5.87. The van der Waals surface area contributed by atoms with Gasteiger partial charge in [0.25, 0.3) is 0 Å². The maximum atomic E-state index is 10.1. The quantitative estimate of drug-likeness (QED) is 0.821. The Bertz CT molecular complexity index is 508. The van der Waals surface area contributed by atoms with Crippen molar-refractivity contribution in [2.24, 2.45) is 0 Å². The van der Waals surface area contributed by atoms with Gasteiger partial charge in [-0.25, -0.2) is 4.98 Å². The number of pyridine rings is 1. The first-order valence-corrected chi connectivity index (χ1v) is 5.90. The van der Waals surface area contributed by atoms with Gasteiger partial charge in [-0.15, -0.1) is 0 Å². The lowest BCUT2D eigenvalue weighted by Crippen LogP contribution is -2.34. The summed E-state index contributed by atoms with van der Waals surface area (Å²) in [6.07, 6.45) is 3.87. The number of nitrogens with zero attached hydrogens (tertiary/aromatic N) is 1. The number of furan rings is 1. The second-order valence-electron chi connectivity index (χ2n) is 4.59. The molecular formula is C13H18N2O3. The highest BCUT2D eigenvalue weighted by Gasteiger charge is 2.20. The minimum absolute atomic E-state index is 0.410. The maximum absolute atomic E-state index is 10.1. The van der Waals surface area contributed by atoms with Crippen molar-refractivity contribution in [1.82, 2.24) is 4.98 Å². The lowest BCUT2D eigenvalue weighted by atomic mass is 10.0. The zero-order chi connectivity index (χ0) is 13.0. The molecule has 18 heavy (non-hydrogen) atoms. The fraction of sp³-hybridized carbons (Fsp3) is 0.462. The maximum Gasteiger partial charge on any atom is 0.139 e. The third-order valence-electron chi connectivity index (χ3n) is 2.86. The summed E-state index contributed by atoms with van der Waals surface area (Å²) in [4.78, 5) is 4.25. The van der Waals surface area contributed by atoms with Gasteiger partial charge in [0.2, 0.25) is 0 Å². The first-order chi connectivity index (χ1) is 8.62. The Morgan fingerprint density at radius 2 is 2.33 bits per heavy atom. The number of hydrogen-bond acceptors (Lipinski definition) is 5. The number of fused-ring (bicyclic) bond motifs is 1. The average molecular weight is 250 g/mol. The van der Waals surface area contributed by atoms with E-state index in [1.165, 1.54) is 0 Å². The van der Waals surface area contributed by atoms with Crippen LogP contribution in [0.3, 0.4) is 0 Å². The molecule has 0 bridgehead atoms. The van der Waals surface area contributed by atoms with Gasteiger partial charge in [0.15, 0.2) is 0 Å². The van der Waals surface area contributed by atoms with Crippen LogP contribution in [0.15, 0.2) is 29.0 Å². The highest BCUT2D eigenvalue weighted by atomic mass is 16.5. The molecule has 2 N–H and O–H groups in total. The number of aromatic nitrogens is 1. The van der Waals surface area contributed by atoms with Crippen LogP contribution in [0.1, 0.15) is 13.3 Å². The van der Waals surface area contributed by atoms with E-state index < -0.39 is 5.60 Å². The molecule has 0 aromatic carbocycles. The molecule has 0 saturated carbocycles. The van der Waals surface area contributed by atoms with Crippen molar-refractivity contribution in [2.75, 3.05) is 25.6 Å². The van der Waals surface area contributed by atoms with Crippen LogP contribution >= 0.6 is 0 Å². The van der Waals surface area contributed by atoms with E-state index in [1.807, 2.05) is 12.1 Å². The zero-order valence-electron chi connectivity index (χ0n) is 10.6. The molecule has 0 fully saturated rings. The molecule has 0 aliphatic rings. The third kappa shape index (κ3) is 3.00. The van der Waals surface area contributed by atoms with Crippen molar-refractivity contribution in [2.45, 2.75) is 18.9 Å². The Morgan fingerprint density at radius 3 is 3.11 bits per heavy atom. The van der Waals surface area contributed by atoms with Gasteiger partial charge < -0.3 is 19.6 Å². The Kier molecular flexibility index (Phi) is 3.84. The SMILES string of the molecule is COCCC(C)(O)CNc1nccc2occc12. The smallest absolute Gasteiger partial charge is 0.139 e. The molecular weight excluding hydrogens is 232 g/mol. The predicted molar refractivity (Wildman–Crippen MR) is 69.6 cm³/mol. The van der Waals surface area contributed by atoms with E-state index in [0.717, 1.165) is 16.8 Å². The van der Waals surface area contributed by atoms with Crippen molar-refractivity contribution in [3.63, 3.8) is 0 Å². The van der Waals surface area contributed by atoms with E-state index >= 15 is 0 Å². The monoisotopic (exact) mass is 250 g/mol. The number of aliphatic hydroxyl groups is 1. The van der Waals surface area contributed by atoms with Gasteiger partial charge in [0.1, 0.15) is 11.4 Å². The van der Waals surface area contributed by atoms with E-state index in [1.54, 1.807) is 26.5 Å². The van der Waals surface area contributed by atoms with Crippen LogP contribution in [-0.2, 0) is 4.74 Å². The Morgan fingerprint density at radius 1 is 1.50 bits per heavy atom. The van der Waals surface area contributed by atoms with Gasteiger partial charge in [0.05, 0.1) is 17.3 Å². The molecule has 2 rings (SSSR count). The van der Waals surface area contributed by atoms with Crippen LogP contribution < -0.4 is 5.32 Å². The van der Waals surface area contributed by atoms with Crippen LogP contribution in [0.2, 0.25) is 0 Å². The fourth-order valence-electron chi connectivity index (χ4n) is 1.72. The van der Waals surface area contributed by atoms with Gasteiger partial charge in [-0.1, -0.05) is 0 Å². The van der Waals surface area contributed by atoms with Crippen molar-refractivity contribution in [3.05, 3.63) is 24.6 Å². The molecule has 98 valence electrons. The number of hydrogen-bond donors (Lipinski definition) is 2. The number of rotatable bonds is 6. The van der Waals surface area contributed by atoms with E-state index in [9.17, 15) is 5.11 Å². The van der Waals surface area contributed by atoms with E-state index in [-0.39, 0.29) is 0 Å². The summed E-state index contributed by atoms with van der Waals surface area (Å²) >= 11 is 0. The molecule has 0 aliphatic carbocycles. The van der Waals surface area contributed by atoms with Gasteiger partial charge >= 0.3 is 0 Å². The molecule has 1 unspecified atom stereocenters. The van der Waals surface area contributed by atoms with E-state index in [2.05, 4.69) is 10.3 Å². The predicted octanol–water partition coefficient (Wildman–Crippen LogP) is 2.03. The van der Waals surface area contributed by atoms with Crippen molar-refractivity contribution >= 4 is 16.8 Å². The van der Waals surface area contributed by atoms with Crippen LogP contribution in [0, 0.1) is 0 Å². The van der Waals surface area contributed by atoms with Crippen molar-refractivity contribution in [1.29, 1.82) is 0 Å². The molecule has 2 aromatic heterocycles. The Labute approximate surface area is 106 Å². The zero-order valence-corrected chi connectivity index (χ0v) is 10.6. The van der Waals surface area contributed by atoms with Gasteiger partial charge in [-0.3, -0.25) is 0 Å². The topological polar surface area (TPSA) is 67.5 Å². The molecule has 2 aromatic rings. The van der Waals surface area contributed by atoms with Gasteiger partial charge in [-0.2, -0.15) is 0 Å². The van der Waals surface area contributed by atoms with Crippen LogP contribution in [0.25, 0.3) is 11.0 Å². The van der Waals surface area contributed by atoms with Crippen molar-refractivity contribution < 1.29 is 14.3 Å². The number of anilines is 1. The number of nitrogens with one attached hydrogen (secondary N) is 1. The fourth-order valence-corrected chi connectivity index (χ4v) is 1.72. The summed E-state index contributed by atoms with van der Waals surface area (Å²) < 4.78 is 10.3. The molecule has 5 nitrogen and oxygen atoms in total. The Balaban J connectivity index is 2.03. The molecule has 2 heterocycles. The van der Waals surface area contributed by atoms with Gasteiger partial charge in [-0.05, 0) is 19.1 Å². The first-order valence-electron chi connectivity index (χ1n) is 5.90. The summed E-state index contributed by atoms with van der Waals surface area (Å²) in [5.41, 5.74) is -0.0483. The molecule has 0 spiro atoms. The van der Waals surface area contributed by atoms with Crippen molar-refractivity contribution in [3.8, 4) is 0 Å². The van der Waals surface area contributed by atoms with Crippen LogP contribution in [-0.4, -0.2) is 36.0 Å². The number of ether oxygens (including phenoxy) is 1. The lowest BCUT2D eigenvalue weighted by Gasteiger charge is -2.23. The normalized spacial score (nSPS) is 14.6.